The highest BCUT2D eigenvalue weighted by Gasteiger charge is 2.19. The number of carbonyl (C=O) groups is 2. The molecular formula is C20H31N3O4. The van der Waals surface area contributed by atoms with Crippen LogP contribution in [0.4, 0.5) is 5.69 Å². The molecule has 1 saturated heterocycles. The minimum Gasteiger partial charge on any atom is -0.495 e. The highest BCUT2D eigenvalue weighted by Crippen LogP contribution is 2.28. The van der Waals surface area contributed by atoms with E-state index in [0.29, 0.717) is 25.8 Å². The first-order chi connectivity index (χ1) is 13.1. The van der Waals surface area contributed by atoms with E-state index < -0.39 is 0 Å². The second kappa shape index (κ2) is 11.4. The lowest BCUT2D eigenvalue weighted by molar-refractivity contribution is -0.140. The second-order valence-electron chi connectivity index (χ2n) is 6.63. The van der Waals surface area contributed by atoms with Crippen LogP contribution in [0.25, 0.3) is 0 Å². The summed E-state index contributed by atoms with van der Waals surface area (Å²) in [5.41, 5.74) is 1.15. The maximum absolute atomic E-state index is 11.7. The SMILES string of the molecule is COC(=O)CCCC(=O)NCCCN1CCN(c2ccccc2OC)CC1. The Balaban J connectivity index is 1.58. The molecule has 0 bridgehead atoms. The Morgan fingerprint density at radius 3 is 2.48 bits per heavy atom. The van der Waals surface area contributed by atoms with Gasteiger partial charge in [0.2, 0.25) is 5.91 Å². The van der Waals surface area contributed by atoms with Crippen molar-refractivity contribution in [3.05, 3.63) is 24.3 Å². The zero-order chi connectivity index (χ0) is 19.5. The van der Waals surface area contributed by atoms with E-state index in [9.17, 15) is 9.59 Å². The van der Waals surface area contributed by atoms with E-state index in [1.165, 1.54) is 7.11 Å². The van der Waals surface area contributed by atoms with E-state index >= 15 is 0 Å². The third-order valence-corrected chi connectivity index (χ3v) is 4.78. The van der Waals surface area contributed by atoms with Crippen LogP contribution in [0.3, 0.4) is 0 Å². The molecule has 0 radical (unpaired) electrons. The van der Waals surface area contributed by atoms with Crippen LogP contribution in [0.1, 0.15) is 25.7 Å². The number of piperazine rings is 1. The molecule has 27 heavy (non-hydrogen) atoms. The fourth-order valence-electron chi connectivity index (χ4n) is 3.22. The van der Waals surface area contributed by atoms with Crippen LogP contribution in [0.5, 0.6) is 5.75 Å². The molecule has 0 saturated carbocycles. The number of carbonyl (C=O) groups excluding carboxylic acids is 2. The second-order valence-corrected chi connectivity index (χ2v) is 6.63. The number of esters is 1. The molecule has 1 heterocycles. The molecule has 1 fully saturated rings. The van der Waals surface area contributed by atoms with Crippen LogP contribution < -0.4 is 15.0 Å². The van der Waals surface area contributed by atoms with Gasteiger partial charge in [0.15, 0.2) is 0 Å². The van der Waals surface area contributed by atoms with E-state index in [2.05, 4.69) is 25.9 Å². The fourth-order valence-corrected chi connectivity index (χ4v) is 3.22. The first-order valence-electron chi connectivity index (χ1n) is 9.58. The van der Waals surface area contributed by atoms with E-state index in [0.717, 1.165) is 50.6 Å². The van der Waals surface area contributed by atoms with Crippen molar-refractivity contribution in [1.29, 1.82) is 0 Å². The average molecular weight is 377 g/mol. The summed E-state index contributed by atoms with van der Waals surface area (Å²) < 4.78 is 10.0. The molecule has 0 aliphatic carbocycles. The summed E-state index contributed by atoms with van der Waals surface area (Å²) >= 11 is 0. The number of nitrogens with one attached hydrogen (secondary N) is 1. The van der Waals surface area contributed by atoms with Crippen molar-refractivity contribution < 1.29 is 19.1 Å². The standard InChI is InChI=1S/C20H31N3O4/c1-26-18-8-4-3-7-17(18)23-15-13-22(14-16-23)12-6-11-21-19(24)9-5-10-20(25)27-2/h3-4,7-8H,5-6,9-16H2,1-2H3,(H,21,24). The largest absolute Gasteiger partial charge is 0.495 e. The number of methoxy groups -OCH3 is 2. The number of anilines is 1. The molecule has 150 valence electrons. The van der Waals surface area contributed by atoms with E-state index in [1.807, 2.05) is 18.2 Å². The molecule has 0 aromatic heterocycles. The minimum atomic E-state index is -0.268. The Bertz CT molecular complexity index is 601. The summed E-state index contributed by atoms with van der Waals surface area (Å²) in [6.07, 6.45) is 2.12. The van der Waals surface area contributed by atoms with Crippen molar-refractivity contribution in [2.24, 2.45) is 0 Å². The van der Waals surface area contributed by atoms with Crippen LogP contribution in [-0.4, -0.2) is 70.3 Å². The lowest BCUT2D eigenvalue weighted by Crippen LogP contribution is -2.47. The number of ether oxygens (including phenoxy) is 2. The zero-order valence-corrected chi connectivity index (χ0v) is 16.4. The number of hydrogen-bond acceptors (Lipinski definition) is 6. The number of amides is 1. The Labute approximate surface area is 161 Å². The molecule has 1 aliphatic rings. The van der Waals surface area contributed by atoms with Gasteiger partial charge in [-0.25, -0.2) is 0 Å². The van der Waals surface area contributed by atoms with Gasteiger partial charge < -0.3 is 19.7 Å². The quantitative estimate of drug-likeness (QED) is 0.494. The van der Waals surface area contributed by atoms with Crippen molar-refractivity contribution in [3.63, 3.8) is 0 Å². The molecule has 0 unspecified atom stereocenters. The molecule has 7 heteroatoms. The normalized spacial score (nSPS) is 14.7. The Morgan fingerprint density at radius 1 is 1.04 bits per heavy atom. The van der Waals surface area contributed by atoms with Gasteiger partial charge in [-0.3, -0.25) is 14.5 Å². The maximum Gasteiger partial charge on any atom is 0.305 e. The molecule has 1 N–H and O–H groups in total. The molecule has 2 rings (SSSR count). The van der Waals surface area contributed by atoms with Crippen LogP contribution in [-0.2, 0) is 14.3 Å². The smallest absolute Gasteiger partial charge is 0.305 e. The number of para-hydroxylation sites is 2. The topological polar surface area (TPSA) is 71.1 Å². The van der Waals surface area contributed by atoms with Crippen molar-refractivity contribution in [1.82, 2.24) is 10.2 Å². The predicted octanol–water partition coefficient (Wildman–Crippen LogP) is 1.67. The number of rotatable bonds is 10. The van der Waals surface area contributed by atoms with Gasteiger partial charge >= 0.3 is 5.97 Å². The maximum atomic E-state index is 11.7. The van der Waals surface area contributed by atoms with E-state index in [-0.39, 0.29) is 11.9 Å². The van der Waals surface area contributed by atoms with Crippen molar-refractivity contribution in [2.45, 2.75) is 25.7 Å². The molecule has 1 aromatic rings. The molecule has 1 aromatic carbocycles. The molecule has 0 spiro atoms. The first kappa shape index (κ1) is 21.0. The monoisotopic (exact) mass is 377 g/mol. The van der Waals surface area contributed by atoms with Crippen LogP contribution in [0, 0.1) is 0 Å². The summed E-state index contributed by atoms with van der Waals surface area (Å²) in [6.45, 7) is 5.60. The lowest BCUT2D eigenvalue weighted by Gasteiger charge is -2.36. The number of benzene rings is 1. The Morgan fingerprint density at radius 2 is 1.78 bits per heavy atom. The highest BCUT2D eigenvalue weighted by molar-refractivity contribution is 5.76. The summed E-state index contributed by atoms with van der Waals surface area (Å²) in [5.74, 6) is 0.649. The lowest BCUT2D eigenvalue weighted by atomic mass is 10.2. The summed E-state index contributed by atoms with van der Waals surface area (Å²) in [6, 6.07) is 8.13. The van der Waals surface area contributed by atoms with Gasteiger partial charge in [0.25, 0.3) is 0 Å². The van der Waals surface area contributed by atoms with Crippen molar-refractivity contribution in [2.75, 3.05) is 58.4 Å². The number of hydrogen-bond donors (Lipinski definition) is 1. The molecule has 1 amide bonds. The number of nitrogens with zero attached hydrogens (tertiary/aromatic N) is 2. The van der Waals surface area contributed by atoms with Gasteiger partial charge in [-0.05, 0) is 31.5 Å². The van der Waals surface area contributed by atoms with Gasteiger partial charge in [0.05, 0.1) is 19.9 Å². The summed E-state index contributed by atoms with van der Waals surface area (Å²) in [4.78, 5) is 27.5. The first-order valence-corrected chi connectivity index (χ1v) is 9.58. The Kier molecular flexibility index (Phi) is 8.91. The molecule has 0 atom stereocenters. The van der Waals surface area contributed by atoms with Crippen molar-refractivity contribution in [3.8, 4) is 5.75 Å². The van der Waals surface area contributed by atoms with Gasteiger partial charge in [0, 0.05) is 45.6 Å². The summed E-state index contributed by atoms with van der Waals surface area (Å²) in [5, 5.41) is 2.92. The highest BCUT2D eigenvalue weighted by atomic mass is 16.5. The molecule has 1 aliphatic heterocycles. The van der Waals surface area contributed by atoms with E-state index in [4.69, 9.17) is 4.74 Å². The van der Waals surface area contributed by atoms with Gasteiger partial charge in [-0.15, -0.1) is 0 Å². The fraction of sp³-hybridized carbons (Fsp3) is 0.600. The van der Waals surface area contributed by atoms with Gasteiger partial charge in [-0.2, -0.15) is 0 Å². The van der Waals surface area contributed by atoms with Gasteiger partial charge in [-0.1, -0.05) is 12.1 Å². The third-order valence-electron chi connectivity index (χ3n) is 4.78. The van der Waals surface area contributed by atoms with Crippen LogP contribution in [0.15, 0.2) is 24.3 Å². The minimum absolute atomic E-state index is 0.0000972. The average Bonchev–Trinajstić information content (AvgIpc) is 2.71. The van der Waals surface area contributed by atoms with E-state index in [1.54, 1.807) is 7.11 Å². The predicted molar refractivity (Wildman–Crippen MR) is 105 cm³/mol. The Hall–Kier alpha value is -2.28. The third kappa shape index (κ3) is 7.09. The molecular weight excluding hydrogens is 346 g/mol. The molecule has 7 nitrogen and oxygen atoms in total. The van der Waals surface area contributed by atoms with Crippen LogP contribution in [0.2, 0.25) is 0 Å². The summed E-state index contributed by atoms with van der Waals surface area (Å²) in [7, 11) is 3.07. The van der Waals surface area contributed by atoms with Crippen molar-refractivity contribution >= 4 is 17.6 Å². The van der Waals surface area contributed by atoms with Crippen LogP contribution >= 0.6 is 0 Å². The zero-order valence-electron chi connectivity index (χ0n) is 16.4. The van der Waals surface area contributed by atoms with Gasteiger partial charge in [0.1, 0.15) is 5.75 Å².